The van der Waals surface area contributed by atoms with E-state index in [9.17, 15) is 8.42 Å². The van der Waals surface area contributed by atoms with Gasteiger partial charge in [0.05, 0.1) is 17.1 Å². The molecular formula is C11H21BrO3S. The molecule has 96 valence electrons. The van der Waals surface area contributed by atoms with E-state index in [2.05, 4.69) is 22.9 Å². The van der Waals surface area contributed by atoms with Crippen molar-refractivity contribution in [1.82, 2.24) is 0 Å². The van der Waals surface area contributed by atoms with Crippen LogP contribution in [0, 0.1) is 5.92 Å². The first-order valence-corrected chi connectivity index (χ1v) is 8.74. The lowest BCUT2D eigenvalue weighted by Crippen LogP contribution is -2.33. The van der Waals surface area contributed by atoms with Gasteiger partial charge in [0.25, 0.3) is 0 Å². The lowest BCUT2D eigenvalue weighted by Gasteiger charge is -2.19. The summed E-state index contributed by atoms with van der Waals surface area (Å²) in [5, 5.41) is 0.480. The Morgan fingerprint density at radius 1 is 1.50 bits per heavy atom. The highest BCUT2D eigenvalue weighted by molar-refractivity contribution is 9.09. The number of alkyl halides is 1. The highest BCUT2D eigenvalue weighted by Gasteiger charge is 2.36. The SMILES string of the molecule is CCCC(CBr)CS(=O)(=O)C1CCOC1C. The van der Waals surface area contributed by atoms with Crippen LogP contribution in [0.15, 0.2) is 0 Å². The summed E-state index contributed by atoms with van der Waals surface area (Å²) >= 11 is 3.40. The Labute approximate surface area is 107 Å². The summed E-state index contributed by atoms with van der Waals surface area (Å²) in [7, 11) is -3.00. The van der Waals surface area contributed by atoms with Crippen LogP contribution in [0.2, 0.25) is 0 Å². The van der Waals surface area contributed by atoms with Gasteiger partial charge in [0.15, 0.2) is 9.84 Å². The fraction of sp³-hybridized carbons (Fsp3) is 1.00. The van der Waals surface area contributed by atoms with Crippen LogP contribution in [0.3, 0.4) is 0 Å². The van der Waals surface area contributed by atoms with E-state index < -0.39 is 9.84 Å². The number of hydrogen-bond acceptors (Lipinski definition) is 3. The molecule has 3 atom stereocenters. The van der Waals surface area contributed by atoms with Crippen LogP contribution < -0.4 is 0 Å². The third-order valence-electron chi connectivity index (χ3n) is 3.15. The number of halogens is 1. The molecular weight excluding hydrogens is 292 g/mol. The average Bonchev–Trinajstić information content (AvgIpc) is 2.64. The maximum absolute atomic E-state index is 12.2. The smallest absolute Gasteiger partial charge is 0.156 e. The Hall–Kier alpha value is 0.390. The first-order chi connectivity index (χ1) is 7.51. The van der Waals surface area contributed by atoms with Gasteiger partial charge in [-0.15, -0.1) is 0 Å². The number of ether oxygens (including phenoxy) is 1. The molecule has 1 saturated heterocycles. The van der Waals surface area contributed by atoms with Crippen molar-refractivity contribution >= 4 is 25.8 Å². The minimum Gasteiger partial charge on any atom is -0.377 e. The van der Waals surface area contributed by atoms with Crippen molar-refractivity contribution in [3.8, 4) is 0 Å². The van der Waals surface area contributed by atoms with E-state index in [0.717, 1.165) is 18.2 Å². The molecule has 0 amide bonds. The first-order valence-electron chi connectivity index (χ1n) is 5.90. The van der Waals surface area contributed by atoms with Crippen LogP contribution in [0.5, 0.6) is 0 Å². The van der Waals surface area contributed by atoms with Crippen molar-refractivity contribution in [1.29, 1.82) is 0 Å². The van der Waals surface area contributed by atoms with E-state index in [4.69, 9.17) is 4.74 Å². The van der Waals surface area contributed by atoms with Gasteiger partial charge in [0.2, 0.25) is 0 Å². The Morgan fingerprint density at radius 3 is 2.62 bits per heavy atom. The van der Waals surface area contributed by atoms with Gasteiger partial charge in [-0.25, -0.2) is 8.42 Å². The molecule has 0 saturated carbocycles. The predicted octanol–water partition coefficient (Wildman–Crippen LogP) is 2.39. The molecule has 3 nitrogen and oxygen atoms in total. The van der Waals surface area contributed by atoms with Crippen LogP contribution >= 0.6 is 15.9 Å². The molecule has 0 bridgehead atoms. The summed E-state index contributed by atoms with van der Waals surface area (Å²) in [5.41, 5.74) is 0. The molecule has 1 aliphatic heterocycles. The predicted molar refractivity (Wildman–Crippen MR) is 69.8 cm³/mol. The molecule has 0 spiro atoms. The van der Waals surface area contributed by atoms with Crippen LogP contribution in [0.25, 0.3) is 0 Å². The molecule has 1 rings (SSSR count). The largest absolute Gasteiger partial charge is 0.377 e. The van der Waals surface area contributed by atoms with Gasteiger partial charge in [0.1, 0.15) is 0 Å². The fourth-order valence-corrected chi connectivity index (χ4v) is 5.41. The van der Waals surface area contributed by atoms with Crippen molar-refractivity contribution in [2.24, 2.45) is 5.92 Å². The molecule has 0 radical (unpaired) electrons. The molecule has 0 aromatic carbocycles. The number of rotatable bonds is 6. The Balaban J connectivity index is 2.62. The van der Waals surface area contributed by atoms with E-state index in [-0.39, 0.29) is 17.3 Å². The Morgan fingerprint density at radius 2 is 2.19 bits per heavy atom. The summed E-state index contributed by atoms with van der Waals surface area (Å²) in [6.07, 6.45) is 2.52. The highest BCUT2D eigenvalue weighted by Crippen LogP contribution is 2.24. The normalized spacial score (nSPS) is 28.2. The average molecular weight is 313 g/mol. The second-order valence-electron chi connectivity index (χ2n) is 4.54. The lowest BCUT2D eigenvalue weighted by molar-refractivity contribution is 0.126. The van der Waals surface area contributed by atoms with Crippen LogP contribution in [0.1, 0.15) is 33.1 Å². The zero-order valence-corrected chi connectivity index (χ0v) is 12.4. The minimum absolute atomic E-state index is 0.136. The third-order valence-corrected chi connectivity index (χ3v) is 6.54. The van der Waals surface area contributed by atoms with Crippen LogP contribution in [0.4, 0.5) is 0 Å². The van der Waals surface area contributed by atoms with Crippen molar-refractivity contribution in [2.75, 3.05) is 17.7 Å². The molecule has 1 fully saturated rings. The molecule has 0 N–H and O–H groups in total. The monoisotopic (exact) mass is 312 g/mol. The van der Waals surface area contributed by atoms with Crippen molar-refractivity contribution in [3.05, 3.63) is 0 Å². The van der Waals surface area contributed by atoms with Gasteiger partial charge in [-0.1, -0.05) is 29.3 Å². The number of sulfone groups is 1. The zero-order chi connectivity index (χ0) is 12.2. The van der Waals surface area contributed by atoms with Crippen molar-refractivity contribution in [2.45, 2.75) is 44.5 Å². The summed E-state index contributed by atoms with van der Waals surface area (Å²) in [6, 6.07) is 0. The molecule has 16 heavy (non-hydrogen) atoms. The second kappa shape index (κ2) is 6.36. The zero-order valence-electron chi connectivity index (χ0n) is 9.99. The molecule has 1 heterocycles. The van der Waals surface area contributed by atoms with Gasteiger partial charge in [-0.2, -0.15) is 0 Å². The topological polar surface area (TPSA) is 43.4 Å². The standard InChI is InChI=1S/C11H21BrO3S/c1-3-4-10(7-12)8-16(13,14)11-5-6-15-9(11)2/h9-11H,3-8H2,1-2H3. The molecule has 5 heteroatoms. The molecule has 0 aliphatic carbocycles. The number of hydrogen-bond donors (Lipinski definition) is 0. The summed E-state index contributed by atoms with van der Waals surface area (Å²) < 4.78 is 29.7. The van der Waals surface area contributed by atoms with Gasteiger partial charge in [-0.05, 0) is 25.7 Å². The molecule has 3 unspecified atom stereocenters. The molecule has 0 aromatic heterocycles. The van der Waals surface area contributed by atoms with Crippen LogP contribution in [-0.4, -0.2) is 37.5 Å². The van der Waals surface area contributed by atoms with E-state index in [0.29, 0.717) is 18.8 Å². The van der Waals surface area contributed by atoms with Crippen LogP contribution in [-0.2, 0) is 14.6 Å². The summed E-state index contributed by atoms with van der Waals surface area (Å²) in [6.45, 7) is 4.53. The molecule has 1 aliphatic rings. The minimum atomic E-state index is -3.00. The van der Waals surface area contributed by atoms with E-state index in [1.807, 2.05) is 6.92 Å². The Kier molecular flexibility index (Phi) is 5.74. The first kappa shape index (κ1) is 14.5. The van der Waals surface area contributed by atoms with E-state index in [1.54, 1.807) is 0 Å². The van der Waals surface area contributed by atoms with Gasteiger partial charge in [0, 0.05) is 11.9 Å². The lowest BCUT2D eigenvalue weighted by atomic mass is 10.1. The summed E-state index contributed by atoms with van der Waals surface area (Å²) in [4.78, 5) is 0. The van der Waals surface area contributed by atoms with Gasteiger partial charge in [-0.3, -0.25) is 0 Å². The van der Waals surface area contributed by atoms with Crippen molar-refractivity contribution < 1.29 is 13.2 Å². The van der Waals surface area contributed by atoms with Gasteiger partial charge < -0.3 is 4.74 Å². The van der Waals surface area contributed by atoms with E-state index in [1.165, 1.54) is 0 Å². The van der Waals surface area contributed by atoms with Crippen molar-refractivity contribution in [3.63, 3.8) is 0 Å². The quantitative estimate of drug-likeness (QED) is 0.707. The van der Waals surface area contributed by atoms with Gasteiger partial charge >= 0.3 is 0 Å². The van der Waals surface area contributed by atoms with E-state index >= 15 is 0 Å². The Bertz CT molecular complexity index is 302. The second-order valence-corrected chi connectivity index (χ2v) is 7.45. The maximum Gasteiger partial charge on any atom is 0.156 e. The third kappa shape index (κ3) is 3.70. The fourth-order valence-electron chi connectivity index (χ4n) is 2.25. The highest BCUT2D eigenvalue weighted by atomic mass is 79.9. The summed E-state index contributed by atoms with van der Waals surface area (Å²) in [5.74, 6) is 0.535. The molecule has 0 aromatic rings. The maximum atomic E-state index is 12.2.